The first kappa shape index (κ1) is 17.6. The second-order valence-electron chi connectivity index (χ2n) is 5.90. The summed E-state index contributed by atoms with van der Waals surface area (Å²) in [6, 6.07) is 10.4. The van der Waals surface area contributed by atoms with Gasteiger partial charge in [0.25, 0.3) is 0 Å². The lowest BCUT2D eigenvalue weighted by molar-refractivity contribution is -0.120. The molecule has 0 fully saturated rings. The molecule has 1 heterocycles. The Kier molecular flexibility index (Phi) is 7.23. The van der Waals surface area contributed by atoms with Crippen LogP contribution in [0.2, 0.25) is 0 Å². The van der Waals surface area contributed by atoms with Crippen LogP contribution in [0.15, 0.2) is 35.7 Å². The standard InChI is InChI=1S/C18H25N3OS/c1-21(2)12-6-11-19-17(22)13-16-14-23-18(20-16)10-9-15-7-4-3-5-8-15/h3-5,7-8,14H,6,9-13H2,1-2H3,(H,19,22). The van der Waals surface area contributed by atoms with Crippen LogP contribution in [0.4, 0.5) is 0 Å². The molecule has 4 nitrogen and oxygen atoms in total. The highest BCUT2D eigenvalue weighted by Crippen LogP contribution is 2.13. The maximum absolute atomic E-state index is 11.9. The van der Waals surface area contributed by atoms with E-state index in [1.165, 1.54) is 5.56 Å². The molecule has 2 aromatic rings. The predicted octanol–water partition coefficient (Wildman–Crippen LogP) is 2.54. The molecule has 0 aliphatic carbocycles. The van der Waals surface area contributed by atoms with Gasteiger partial charge in [-0.05, 0) is 39.0 Å². The van der Waals surface area contributed by atoms with E-state index in [0.717, 1.165) is 43.1 Å². The average Bonchev–Trinajstić information content (AvgIpc) is 2.98. The van der Waals surface area contributed by atoms with Gasteiger partial charge in [0.15, 0.2) is 0 Å². The fourth-order valence-electron chi connectivity index (χ4n) is 2.29. The molecule has 0 spiro atoms. The number of aromatic nitrogens is 1. The summed E-state index contributed by atoms with van der Waals surface area (Å²) in [5.74, 6) is 0.0589. The van der Waals surface area contributed by atoms with Crippen LogP contribution >= 0.6 is 11.3 Å². The van der Waals surface area contributed by atoms with Crippen LogP contribution in [-0.4, -0.2) is 43.0 Å². The van der Waals surface area contributed by atoms with Crippen molar-refractivity contribution in [3.05, 3.63) is 52.0 Å². The lowest BCUT2D eigenvalue weighted by Gasteiger charge is -2.09. The molecule has 1 aromatic heterocycles. The van der Waals surface area contributed by atoms with Gasteiger partial charge >= 0.3 is 0 Å². The Balaban J connectivity index is 1.70. The van der Waals surface area contributed by atoms with Gasteiger partial charge in [-0.3, -0.25) is 4.79 Å². The van der Waals surface area contributed by atoms with E-state index in [-0.39, 0.29) is 5.91 Å². The molecule has 1 aromatic carbocycles. The number of rotatable bonds is 9. The number of hydrogen-bond donors (Lipinski definition) is 1. The van der Waals surface area contributed by atoms with Crippen molar-refractivity contribution in [2.45, 2.75) is 25.7 Å². The van der Waals surface area contributed by atoms with E-state index in [0.29, 0.717) is 6.42 Å². The van der Waals surface area contributed by atoms with Crippen molar-refractivity contribution in [1.82, 2.24) is 15.2 Å². The molecule has 0 unspecified atom stereocenters. The lowest BCUT2D eigenvalue weighted by atomic mass is 10.1. The fourth-order valence-corrected chi connectivity index (χ4v) is 3.09. The molecule has 0 aliphatic rings. The van der Waals surface area contributed by atoms with Gasteiger partial charge in [0.2, 0.25) is 5.91 Å². The van der Waals surface area contributed by atoms with Crippen LogP contribution in [0.25, 0.3) is 0 Å². The Labute approximate surface area is 142 Å². The molecule has 1 amide bonds. The van der Waals surface area contributed by atoms with Crippen molar-refractivity contribution in [2.75, 3.05) is 27.2 Å². The van der Waals surface area contributed by atoms with Crippen LogP contribution in [0.5, 0.6) is 0 Å². The van der Waals surface area contributed by atoms with Gasteiger partial charge in [0.05, 0.1) is 17.1 Å². The van der Waals surface area contributed by atoms with Gasteiger partial charge in [-0.25, -0.2) is 4.98 Å². The van der Waals surface area contributed by atoms with Gasteiger partial charge in [-0.1, -0.05) is 30.3 Å². The average molecular weight is 331 g/mol. The number of nitrogens with one attached hydrogen (secondary N) is 1. The minimum absolute atomic E-state index is 0.0589. The van der Waals surface area contributed by atoms with Gasteiger partial charge in [-0.2, -0.15) is 0 Å². The molecule has 23 heavy (non-hydrogen) atoms. The number of aryl methyl sites for hydroxylation is 2. The van der Waals surface area contributed by atoms with Crippen molar-refractivity contribution < 1.29 is 4.79 Å². The van der Waals surface area contributed by atoms with Crippen molar-refractivity contribution in [1.29, 1.82) is 0 Å². The van der Waals surface area contributed by atoms with Gasteiger partial charge < -0.3 is 10.2 Å². The quantitative estimate of drug-likeness (QED) is 0.718. The molecule has 0 atom stereocenters. The van der Waals surface area contributed by atoms with Crippen molar-refractivity contribution in [2.24, 2.45) is 0 Å². The van der Waals surface area contributed by atoms with E-state index in [1.807, 2.05) is 25.5 Å². The predicted molar refractivity (Wildman–Crippen MR) is 95.8 cm³/mol. The zero-order chi connectivity index (χ0) is 16.5. The molecule has 0 saturated carbocycles. The van der Waals surface area contributed by atoms with Gasteiger partial charge in [0, 0.05) is 18.3 Å². The summed E-state index contributed by atoms with van der Waals surface area (Å²) in [7, 11) is 4.07. The highest BCUT2D eigenvalue weighted by Gasteiger charge is 2.07. The number of carbonyl (C=O) groups is 1. The van der Waals surface area contributed by atoms with Crippen molar-refractivity contribution in [3.8, 4) is 0 Å². The maximum atomic E-state index is 11.9. The van der Waals surface area contributed by atoms with E-state index in [4.69, 9.17) is 0 Å². The largest absolute Gasteiger partial charge is 0.356 e. The molecule has 5 heteroatoms. The second-order valence-corrected chi connectivity index (χ2v) is 6.84. The highest BCUT2D eigenvalue weighted by atomic mass is 32.1. The SMILES string of the molecule is CN(C)CCCNC(=O)Cc1csc(CCc2ccccc2)n1. The Hall–Kier alpha value is -1.72. The van der Waals surface area contributed by atoms with E-state index in [1.54, 1.807) is 11.3 Å². The van der Waals surface area contributed by atoms with E-state index >= 15 is 0 Å². The molecule has 0 saturated heterocycles. The van der Waals surface area contributed by atoms with E-state index < -0.39 is 0 Å². The second kappa shape index (κ2) is 9.43. The summed E-state index contributed by atoms with van der Waals surface area (Å²) in [6.07, 6.45) is 3.27. The number of carbonyl (C=O) groups excluding carboxylic acids is 1. The summed E-state index contributed by atoms with van der Waals surface area (Å²) in [5, 5.41) is 6.05. The van der Waals surface area contributed by atoms with Crippen LogP contribution in [0.1, 0.15) is 22.7 Å². The first-order valence-electron chi connectivity index (χ1n) is 8.02. The number of benzene rings is 1. The van der Waals surface area contributed by atoms with Crippen molar-refractivity contribution in [3.63, 3.8) is 0 Å². The minimum atomic E-state index is 0.0589. The number of hydrogen-bond acceptors (Lipinski definition) is 4. The summed E-state index contributed by atoms with van der Waals surface area (Å²) in [5.41, 5.74) is 2.20. The summed E-state index contributed by atoms with van der Waals surface area (Å²) >= 11 is 1.65. The Morgan fingerprint density at radius 2 is 2.00 bits per heavy atom. The Morgan fingerprint density at radius 1 is 1.22 bits per heavy atom. The third-order valence-corrected chi connectivity index (χ3v) is 4.47. The lowest BCUT2D eigenvalue weighted by Crippen LogP contribution is -2.28. The topological polar surface area (TPSA) is 45.2 Å². The Bertz CT molecular complexity index is 595. The molecule has 2 rings (SSSR count). The summed E-state index contributed by atoms with van der Waals surface area (Å²) < 4.78 is 0. The van der Waals surface area contributed by atoms with Crippen LogP contribution in [-0.2, 0) is 24.1 Å². The molecule has 0 radical (unpaired) electrons. The third-order valence-electron chi connectivity index (χ3n) is 3.52. The Morgan fingerprint density at radius 3 is 2.74 bits per heavy atom. The van der Waals surface area contributed by atoms with Gasteiger partial charge in [-0.15, -0.1) is 11.3 Å². The minimum Gasteiger partial charge on any atom is -0.356 e. The van der Waals surface area contributed by atoms with Crippen LogP contribution in [0, 0.1) is 0 Å². The summed E-state index contributed by atoms with van der Waals surface area (Å²) in [6.45, 7) is 1.71. The number of thiazole rings is 1. The molecule has 1 N–H and O–H groups in total. The first-order chi connectivity index (χ1) is 11.1. The smallest absolute Gasteiger partial charge is 0.226 e. The zero-order valence-corrected chi connectivity index (χ0v) is 14.7. The van der Waals surface area contributed by atoms with E-state index in [2.05, 4.69) is 39.5 Å². The fraction of sp³-hybridized carbons (Fsp3) is 0.444. The molecule has 124 valence electrons. The number of amides is 1. The van der Waals surface area contributed by atoms with E-state index in [9.17, 15) is 4.79 Å². The zero-order valence-electron chi connectivity index (χ0n) is 13.9. The monoisotopic (exact) mass is 331 g/mol. The van der Waals surface area contributed by atoms with Crippen LogP contribution < -0.4 is 5.32 Å². The maximum Gasteiger partial charge on any atom is 0.226 e. The molecular formula is C18H25N3OS. The van der Waals surface area contributed by atoms with Gasteiger partial charge in [0.1, 0.15) is 0 Å². The normalized spacial score (nSPS) is 10.9. The molecular weight excluding hydrogens is 306 g/mol. The first-order valence-corrected chi connectivity index (χ1v) is 8.90. The highest BCUT2D eigenvalue weighted by molar-refractivity contribution is 7.09. The summed E-state index contributed by atoms with van der Waals surface area (Å²) in [4.78, 5) is 18.6. The molecule has 0 bridgehead atoms. The third kappa shape index (κ3) is 6.93. The molecule has 0 aliphatic heterocycles. The van der Waals surface area contributed by atoms with Crippen LogP contribution in [0.3, 0.4) is 0 Å². The number of nitrogens with zero attached hydrogens (tertiary/aromatic N) is 2. The van der Waals surface area contributed by atoms with Crippen molar-refractivity contribution >= 4 is 17.2 Å².